The van der Waals surface area contributed by atoms with Gasteiger partial charge in [-0.15, -0.1) is 13.2 Å². The summed E-state index contributed by atoms with van der Waals surface area (Å²) in [5, 5.41) is 5.43. The third-order valence-corrected chi connectivity index (χ3v) is 4.14. The van der Waals surface area contributed by atoms with Crippen LogP contribution < -0.4 is 15.4 Å². The Morgan fingerprint density at radius 1 is 1.09 bits per heavy atom. The number of nitrogens with one attached hydrogen (secondary N) is 2. The standard InChI is InChI=1S/C21H18F4N4O3/c1-31-12-17(13-7-9-15(10-8-13)32-21(23,24)25)28-19(30)18-16(22)11-26-20(29-18)27-14-5-3-2-4-6-14/h2-11,17H,12H2,1H3,(H,28,30)(H,26,27,29). The van der Waals surface area contributed by atoms with Crippen LogP contribution in [0.3, 0.4) is 0 Å². The van der Waals surface area contributed by atoms with E-state index in [1.807, 2.05) is 6.07 Å². The normalized spacial score (nSPS) is 12.2. The second kappa shape index (κ2) is 10.1. The average molecular weight is 450 g/mol. The highest BCUT2D eigenvalue weighted by atomic mass is 19.4. The molecule has 3 aromatic rings. The maximum Gasteiger partial charge on any atom is 0.573 e. The lowest BCUT2D eigenvalue weighted by Crippen LogP contribution is -2.32. The van der Waals surface area contributed by atoms with Crippen LogP contribution in [-0.2, 0) is 4.74 Å². The molecule has 1 amide bonds. The first kappa shape index (κ1) is 22.9. The molecule has 1 aromatic heterocycles. The molecule has 1 atom stereocenters. The van der Waals surface area contributed by atoms with Crippen molar-refractivity contribution < 1.29 is 31.8 Å². The van der Waals surface area contributed by atoms with Crippen molar-refractivity contribution in [1.82, 2.24) is 15.3 Å². The number of aromatic nitrogens is 2. The van der Waals surface area contributed by atoms with Crippen LogP contribution in [0.2, 0.25) is 0 Å². The van der Waals surface area contributed by atoms with Crippen molar-refractivity contribution in [3.8, 4) is 5.75 Å². The summed E-state index contributed by atoms with van der Waals surface area (Å²) in [5.41, 5.74) is 0.562. The highest BCUT2D eigenvalue weighted by molar-refractivity contribution is 5.93. The van der Waals surface area contributed by atoms with Crippen LogP contribution in [0, 0.1) is 5.82 Å². The average Bonchev–Trinajstić information content (AvgIpc) is 2.75. The molecular formula is C21H18F4N4O3. The van der Waals surface area contributed by atoms with Crippen molar-refractivity contribution in [3.63, 3.8) is 0 Å². The van der Waals surface area contributed by atoms with Crippen molar-refractivity contribution in [2.45, 2.75) is 12.4 Å². The van der Waals surface area contributed by atoms with E-state index < -0.39 is 35.6 Å². The van der Waals surface area contributed by atoms with E-state index in [0.29, 0.717) is 11.3 Å². The van der Waals surface area contributed by atoms with E-state index in [4.69, 9.17) is 4.74 Å². The fraction of sp³-hybridized carbons (Fsp3) is 0.190. The smallest absolute Gasteiger partial charge is 0.406 e. The molecule has 1 heterocycles. The van der Waals surface area contributed by atoms with E-state index in [1.165, 1.54) is 19.2 Å². The zero-order valence-electron chi connectivity index (χ0n) is 16.7. The molecule has 0 radical (unpaired) electrons. The predicted molar refractivity (Wildman–Crippen MR) is 107 cm³/mol. The maximum absolute atomic E-state index is 14.2. The van der Waals surface area contributed by atoms with Gasteiger partial charge >= 0.3 is 6.36 Å². The van der Waals surface area contributed by atoms with Gasteiger partial charge in [0.05, 0.1) is 18.8 Å². The number of carbonyl (C=O) groups excluding carboxylic acids is 1. The van der Waals surface area contributed by atoms with Crippen molar-refractivity contribution in [1.29, 1.82) is 0 Å². The minimum atomic E-state index is -4.82. The van der Waals surface area contributed by atoms with Gasteiger partial charge in [0.15, 0.2) is 11.5 Å². The maximum atomic E-state index is 14.2. The van der Waals surface area contributed by atoms with Gasteiger partial charge in [-0.2, -0.15) is 0 Å². The van der Waals surface area contributed by atoms with Gasteiger partial charge in [0.25, 0.3) is 5.91 Å². The van der Waals surface area contributed by atoms with E-state index >= 15 is 0 Å². The number of rotatable bonds is 8. The summed E-state index contributed by atoms with van der Waals surface area (Å²) in [6.45, 7) is -0.0208. The number of methoxy groups -OCH3 is 1. The van der Waals surface area contributed by atoms with Crippen LogP contribution >= 0.6 is 0 Å². The summed E-state index contributed by atoms with van der Waals surface area (Å²) in [6.07, 6.45) is -3.96. The molecule has 7 nitrogen and oxygen atoms in total. The van der Waals surface area contributed by atoms with Crippen molar-refractivity contribution in [2.75, 3.05) is 19.0 Å². The second-order valence-corrected chi connectivity index (χ2v) is 6.48. The summed E-state index contributed by atoms with van der Waals surface area (Å²) in [5.74, 6) is -2.19. The van der Waals surface area contributed by atoms with Crippen LogP contribution in [0.5, 0.6) is 5.75 Å². The van der Waals surface area contributed by atoms with Crippen LogP contribution in [0.25, 0.3) is 0 Å². The van der Waals surface area contributed by atoms with E-state index in [2.05, 4.69) is 25.3 Å². The van der Waals surface area contributed by atoms with Crippen LogP contribution in [0.1, 0.15) is 22.1 Å². The quantitative estimate of drug-likeness (QED) is 0.496. The summed E-state index contributed by atoms with van der Waals surface area (Å²) >= 11 is 0. The van der Waals surface area contributed by atoms with Gasteiger partial charge in [-0.05, 0) is 29.8 Å². The number of alkyl halides is 3. The molecule has 0 spiro atoms. The molecule has 11 heteroatoms. The van der Waals surface area contributed by atoms with Crippen LogP contribution in [0.4, 0.5) is 29.2 Å². The minimum Gasteiger partial charge on any atom is -0.406 e. The van der Waals surface area contributed by atoms with Gasteiger partial charge in [-0.25, -0.2) is 14.4 Å². The monoisotopic (exact) mass is 450 g/mol. The number of para-hydroxylation sites is 1. The Kier molecular flexibility index (Phi) is 7.21. The lowest BCUT2D eigenvalue weighted by atomic mass is 10.1. The molecule has 0 saturated heterocycles. The Morgan fingerprint density at radius 3 is 2.41 bits per heavy atom. The number of hydrogen-bond acceptors (Lipinski definition) is 6. The molecule has 0 fully saturated rings. The van der Waals surface area contributed by atoms with Crippen LogP contribution in [-0.4, -0.2) is 36.0 Å². The number of halogens is 4. The number of hydrogen-bond donors (Lipinski definition) is 2. The zero-order chi connectivity index (χ0) is 23.1. The Balaban J connectivity index is 1.76. The Morgan fingerprint density at radius 2 is 1.78 bits per heavy atom. The lowest BCUT2D eigenvalue weighted by molar-refractivity contribution is -0.274. The van der Waals surface area contributed by atoms with E-state index in [-0.39, 0.29) is 12.6 Å². The van der Waals surface area contributed by atoms with Gasteiger partial charge < -0.3 is 20.1 Å². The van der Waals surface area contributed by atoms with E-state index in [9.17, 15) is 22.4 Å². The van der Waals surface area contributed by atoms with Crippen LogP contribution in [0.15, 0.2) is 60.8 Å². The Bertz CT molecular complexity index is 1050. The molecule has 0 aliphatic heterocycles. The SMILES string of the molecule is COCC(NC(=O)c1nc(Nc2ccccc2)ncc1F)c1ccc(OC(F)(F)F)cc1. The molecule has 0 aliphatic carbocycles. The third kappa shape index (κ3) is 6.38. The van der Waals surface area contributed by atoms with Crippen molar-refractivity contribution in [2.24, 2.45) is 0 Å². The molecule has 0 aliphatic rings. The molecule has 32 heavy (non-hydrogen) atoms. The third-order valence-electron chi connectivity index (χ3n) is 4.14. The predicted octanol–water partition coefficient (Wildman–Crippen LogP) is 4.38. The summed E-state index contributed by atoms with van der Waals surface area (Å²) in [4.78, 5) is 20.4. The number of ether oxygens (including phenoxy) is 2. The Labute approximate surface area is 180 Å². The molecule has 1 unspecified atom stereocenters. The first-order valence-electron chi connectivity index (χ1n) is 9.25. The number of amides is 1. The fourth-order valence-corrected chi connectivity index (χ4v) is 2.75. The van der Waals surface area contributed by atoms with Gasteiger partial charge in [0.2, 0.25) is 5.95 Å². The van der Waals surface area contributed by atoms with Gasteiger partial charge in [-0.3, -0.25) is 4.79 Å². The second-order valence-electron chi connectivity index (χ2n) is 6.48. The van der Waals surface area contributed by atoms with E-state index in [1.54, 1.807) is 24.3 Å². The summed E-state index contributed by atoms with van der Waals surface area (Å²) < 4.78 is 60.2. The number of anilines is 2. The number of nitrogens with zero attached hydrogens (tertiary/aromatic N) is 2. The topological polar surface area (TPSA) is 85.4 Å². The minimum absolute atomic E-state index is 0.0136. The lowest BCUT2D eigenvalue weighted by Gasteiger charge is -2.19. The Hall–Kier alpha value is -3.73. The van der Waals surface area contributed by atoms with Crippen molar-refractivity contribution in [3.05, 3.63) is 77.9 Å². The number of benzene rings is 2. The fourth-order valence-electron chi connectivity index (χ4n) is 2.75. The molecule has 168 valence electrons. The summed E-state index contributed by atoms with van der Waals surface area (Å²) in [7, 11) is 1.38. The van der Waals surface area contributed by atoms with Gasteiger partial charge in [-0.1, -0.05) is 30.3 Å². The first-order chi connectivity index (χ1) is 15.2. The zero-order valence-corrected chi connectivity index (χ0v) is 16.7. The largest absolute Gasteiger partial charge is 0.573 e. The molecule has 2 aromatic carbocycles. The number of carbonyl (C=O) groups is 1. The highest BCUT2D eigenvalue weighted by Crippen LogP contribution is 2.25. The molecule has 0 saturated carbocycles. The van der Waals surface area contributed by atoms with Gasteiger partial charge in [0.1, 0.15) is 5.75 Å². The molecule has 2 N–H and O–H groups in total. The van der Waals surface area contributed by atoms with Crippen molar-refractivity contribution >= 4 is 17.5 Å². The molecular weight excluding hydrogens is 432 g/mol. The molecule has 0 bridgehead atoms. The van der Waals surface area contributed by atoms with Gasteiger partial charge in [0, 0.05) is 12.8 Å². The van der Waals surface area contributed by atoms with E-state index in [0.717, 1.165) is 18.3 Å². The highest BCUT2D eigenvalue weighted by Gasteiger charge is 2.31. The summed E-state index contributed by atoms with van der Waals surface area (Å²) in [6, 6.07) is 12.9. The molecule has 3 rings (SSSR count). The first-order valence-corrected chi connectivity index (χ1v) is 9.25.